The van der Waals surface area contributed by atoms with Gasteiger partial charge in [0.1, 0.15) is 0 Å². The van der Waals surface area contributed by atoms with Crippen molar-refractivity contribution in [2.45, 2.75) is 19.4 Å². The topological polar surface area (TPSA) is 41.6 Å². The van der Waals surface area contributed by atoms with Crippen molar-refractivity contribution in [3.05, 3.63) is 29.3 Å². The Hall–Kier alpha value is -1.39. The highest BCUT2D eigenvalue weighted by Gasteiger charge is 2.14. The lowest BCUT2D eigenvalue weighted by Crippen LogP contribution is -2.21. The SMILES string of the molecule is COCN(C)Cc1ccc2c(c1)CCC(=O)N2. The van der Waals surface area contributed by atoms with Crippen molar-refractivity contribution in [3.8, 4) is 0 Å². The van der Waals surface area contributed by atoms with Crippen molar-refractivity contribution in [2.75, 3.05) is 26.2 Å². The first-order valence-corrected chi connectivity index (χ1v) is 5.78. The molecule has 17 heavy (non-hydrogen) atoms. The van der Waals surface area contributed by atoms with Gasteiger partial charge in [0.05, 0.1) is 6.73 Å². The highest BCUT2D eigenvalue weighted by molar-refractivity contribution is 5.93. The van der Waals surface area contributed by atoms with Gasteiger partial charge in [0, 0.05) is 25.8 Å². The zero-order valence-electron chi connectivity index (χ0n) is 10.3. The second kappa shape index (κ2) is 5.29. The van der Waals surface area contributed by atoms with Gasteiger partial charge in [-0.25, -0.2) is 0 Å². The van der Waals surface area contributed by atoms with E-state index in [1.807, 2.05) is 13.1 Å². The van der Waals surface area contributed by atoms with E-state index < -0.39 is 0 Å². The highest BCUT2D eigenvalue weighted by atomic mass is 16.5. The molecular formula is C13H18N2O2. The largest absolute Gasteiger partial charge is 0.369 e. The highest BCUT2D eigenvalue weighted by Crippen LogP contribution is 2.23. The van der Waals surface area contributed by atoms with Crippen LogP contribution in [0, 0.1) is 0 Å². The van der Waals surface area contributed by atoms with Gasteiger partial charge in [0.15, 0.2) is 0 Å². The van der Waals surface area contributed by atoms with Gasteiger partial charge >= 0.3 is 0 Å². The number of nitrogens with one attached hydrogen (secondary N) is 1. The Balaban J connectivity index is 2.08. The van der Waals surface area contributed by atoms with Crippen molar-refractivity contribution in [3.63, 3.8) is 0 Å². The Kier molecular flexibility index (Phi) is 3.76. The van der Waals surface area contributed by atoms with Crippen LogP contribution in [0.3, 0.4) is 0 Å². The van der Waals surface area contributed by atoms with Crippen molar-refractivity contribution in [1.29, 1.82) is 0 Å². The maximum absolute atomic E-state index is 11.2. The number of rotatable bonds is 4. The molecule has 0 atom stereocenters. The van der Waals surface area contributed by atoms with Crippen LogP contribution in [-0.4, -0.2) is 31.7 Å². The van der Waals surface area contributed by atoms with E-state index in [1.165, 1.54) is 11.1 Å². The van der Waals surface area contributed by atoms with E-state index >= 15 is 0 Å². The number of hydrogen-bond acceptors (Lipinski definition) is 3. The molecule has 1 aliphatic rings. The molecule has 0 unspecified atom stereocenters. The number of amides is 1. The Morgan fingerprint density at radius 2 is 2.24 bits per heavy atom. The molecule has 1 aromatic carbocycles. The monoisotopic (exact) mass is 234 g/mol. The van der Waals surface area contributed by atoms with Crippen molar-refractivity contribution in [1.82, 2.24) is 4.90 Å². The molecule has 0 spiro atoms. The van der Waals surface area contributed by atoms with Gasteiger partial charge in [0.25, 0.3) is 0 Å². The third-order valence-corrected chi connectivity index (χ3v) is 2.87. The molecule has 1 aliphatic heterocycles. The van der Waals surface area contributed by atoms with E-state index in [0.717, 1.165) is 18.7 Å². The van der Waals surface area contributed by atoms with Crippen LogP contribution in [0.15, 0.2) is 18.2 Å². The average Bonchev–Trinajstić information content (AvgIpc) is 2.29. The predicted octanol–water partition coefficient (Wildman–Crippen LogP) is 1.61. The molecular weight excluding hydrogens is 216 g/mol. The fourth-order valence-corrected chi connectivity index (χ4v) is 2.11. The number of hydrogen-bond donors (Lipinski definition) is 1. The van der Waals surface area contributed by atoms with Crippen LogP contribution in [0.5, 0.6) is 0 Å². The van der Waals surface area contributed by atoms with E-state index in [0.29, 0.717) is 13.2 Å². The van der Waals surface area contributed by atoms with Crippen LogP contribution >= 0.6 is 0 Å². The van der Waals surface area contributed by atoms with E-state index in [9.17, 15) is 4.79 Å². The Bertz CT molecular complexity index is 418. The molecule has 2 rings (SSSR count). The number of ether oxygens (including phenoxy) is 1. The summed E-state index contributed by atoms with van der Waals surface area (Å²) in [7, 11) is 3.71. The normalized spacial score (nSPS) is 14.6. The number of carbonyl (C=O) groups excluding carboxylic acids is 1. The number of anilines is 1. The summed E-state index contributed by atoms with van der Waals surface area (Å²) in [5, 5.41) is 2.89. The Labute approximate surface area is 102 Å². The summed E-state index contributed by atoms with van der Waals surface area (Å²) in [6, 6.07) is 6.21. The van der Waals surface area contributed by atoms with Crippen LogP contribution in [-0.2, 0) is 22.5 Å². The van der Waals surface area contributed by atoms with Crippen LogP contribution < -0.4 is 5.32 Å². The van der Waals surface area contributed by atoms with E-state index in [1.54, 1.807) is 7.11 Å². The zero-order chi connectivity index (χ0) is 12.3. The molecule has 0 fully saturated rings. The second-order valence-electron chi connectivity index (χ2n) is 4.47. The fraction of sp³-hybridized carbons (Fsp3) is 0.462. The molecule has 1 amide bonds. The molecule has 1 aromatic rings. The van der Waals surface area contributed by atoms with Gasteiger partial charge < -0.3 is 10.1 Å². The first-order chi connectivity index (χ1) is 8.19. The molecule has 1 heterocycles. The van der Waals surface area contributed by atoms with Gasteiger partial charge in [-0.2, -0.15) is 0 Å². The third-order valence-electron chi connectivity index (χ3n) is 2.87. The van der Waals surface area contributed by atoms with Crippen LogP contribution in [0.4, 0.5) is 5.69 Å². The molecule has 0 aromatic heterocycles. The zero-order valence-corrected chi connectivity index (χ0v) is 10.3. The van der Waals surface area contributed by atoms with Crippen molar-refractivity contribution < 1.29 is 9.53 Å². The minimum Gasteiger partial charge on any atom is -0.369 e. The molecule has 0 radical (unpaired) electrons. The quantitative estimate of drug-likeness (QED) is 0.805. The summed E-state index contributed by atoms with van der Waals surface area (Å²) in [5.74, 6) is 0.113. The molecule has 4 heteroatoms. The first-order valence-electron chi connectivity index (χ1n) is 5.78. The number of aryl methyl sites for hydroxylation is 1. The summed E-state index contributed by atoms with van der Waals surface area (Å²) in [4.78, 5) is 13.3. The average molecular weight is 234 g/mol. The Morgan fingerprint density at radius 3 is 3.00 bits per heavy atom. The summed E-state index contributed by atoms with van der Waals surface area (Å²) >= 11 is 0. The summed E-state index contributed by atoms with van der Waals surface area (Å²) in [6.07, 6.45) is 1.42. The van der Waals surface area contributed by atoms with Gasteiger partial charge in [-0.1, -0.05) is 12.1 Å². The maximum atomic E-state index is 11.2. The molecule has 0 bridgehead atoms. The Morgan fingerprint density at radius 1 is 1.41 bits per heavy atom. The molecule has 92 valence electrons. The van der Waals surface area contributed by atoms with Crippen LogP contribution in [0.2, 0.25) is 0 Å². The molecule has 4 nitrogen and oxygen atoms in total. The second-order valence-corrected chi connectivity index (χ2v) is 4.47. The van der Waals surface area contributed by atoms with Gasteiger partial charge in [-0.3, -0.25) is 9.69 Å². The number of benzene rings is 1. The standard InChI is InChI=1S/C13H18N2O2/c1-15(9-17-2)8-10-3-5-12-11(7-10)4-6-13(16)14-12/h3,5,7H,4,6,8-9H2,1-2H3,(H,14,16). The summed E-state index contributed by atoms with van der Waals surface area (Å²) in [6.45, 7) is 1.48. The van der Waals surface area contributed by atoms with Crippen LogP contribution in [0.25, 0.3) is 0 Å². The van der Waals surface area contributed by atoms with E-state index in [4.69, 9.17) is 4.74 Å². The number of methoxy groups -OCH3 is 1. The molecule has 0 aliphatic carbocycles. The fourth-order valence-electron chi connectivity index (χ4n) is 2.11. The minimum atomic E-state index is 0.113. The molecule has 0 saturated carbocycles. The predicted molar refractivity (Wildman–Crippen MR) is 66.7 cm³/mol. The summed E-state index contributed by atoms with van der Waals surface area (Å²) in [5.41, 5.74) is 3.44. The lowest BCUT2D eigenvalue weighted by molar-refractivity contribution is -0.116. The van der Waals surface area contributed by atoms with E-state index in [2.05, 4.69) is 22.3 Å². The number of fused-ring (bicyclic) bond motifs is 1. The lowest BCUT2D eigenvalue weighted by Gasteiger charge is -2.20. The minimum absolute atomic E-state index is 0.113. The van der Waals surface area contributed by atoms with Crippen molar-refractivity contribution in [2.24, 2.45) is 0 Å². The third kappa shape index (κ3) is 3.05. The first kappa shape index (κ1) is 12.1. The van der Waals surface area contributed by atoms with Gasteiger partial charge in [-0.05, 0) is 30.7 Å². The molecule has 1 N–H and O–H groups in total. The van der Waals surface area contributed by atoms with Crippen molar-refractivity contribution >= 4 is 11.6 Å². The van der Waals surface area contributed by atoms with Gasteiger partial charge in [0.2, 0.25) is 5.91 Å². The number of nitrogens with zero attached hydrogens (tertiary/aromatic N) is 1. The smallest absolute Gasteiger partial charge is 0.224 e. The maximum Gasteiger partial charge on any atom is 0.224 e. The number of carbonyl (C=O) groups is 1. The van der Waals surface area contributed by atoms with Gasteiger partial charge in [-0.15, -0.1) is 0 Å². The summed E-state index contributed by atoms with van der Waals surface area (Å²) < 4.78 is 5.07. The van der Waals surface area contributed by atoms with E-state index in [-0.39, 0.29) is 5.91 Å². The lowest BCUT2D eigenvalue weighted by atomic mass is 10.0. The molecule has 0 saturated heterocycles. The van der Waals surface area contributed by atoms with Crippen LogP contribution in [0.1, 0.15) is 17.5 Å².